The number of aryl methyl sites for hydroxylation is 1. The van der Waals surface area contributed by atoms with Gasteiger partial charge < -0.3 is 4.74 Å². The van der Waals surface area contributed by atoms with Crippen molar-refractivity contribution in [3.8, 4) is 11.1 Å². The van der Waals surface area contributed by atoms with Gasteiger partial charge in [0.25, 0.3) is 10.0 Å². The highest BCUT2D eigenvalue weighted by Gasteiger charge is 2.32. The number of hydrogen-bond donors (Lipinski definition) is 0. The molecule has 43 heavy (non-hydrogen) atoms. The molecular formula is C28H22B3BrN6O4S. The fraction of sp³-hybridized carbons (Fsp3) is 0.250. The lowest BCUT2D eigenvalue weighted by Gasteiger charge is -2.23. The number of pyridine rings is 1. The summed E-state index contributed by atoms with van der Waals surface area (Å²) in [6.07, 6.45) is 4.43. The van der Waals surface area contributed by atoms with Gasteiger partial charge in [0.1, 0.15) is 4.60 Å². The number of aromatic nitrogens is 6. The largest absolute Gasteiger partial charge is 0.381 e. The van der Waals surface area contributed by atoms with E-state index in [9.17, 15) is 13.2 Å². The van der Waals surface area contributed by atoms with E-state index in [-0.39, 0.29) is 26.9 Å². The van der Waals surface area contributed by atoms with Crippen LogP contribution in [0.3, 0.4) is 0 Å². The molecule has 0 bridgehead atoms. The third-order valence-corrected chi connectivity index (χ3v) is 10.7. The molecule has 2 aromatic carbocycles. The normalized spacial score (nSPS) is 15.2. The maximum Gasteiger partial charge on any atom is 0.329 e. The van der Waals surface area contributed by atoms with E-state index in [0.717, 1.165) is 0 Å². The first-order chi connectivity index (χ1) is 20.5. The number of ether oxygens (including phenoxy) is 1. The SMILES string of the molecule is [B]C([B])([B])n1ncc2cc(-c3c(Br)n(S(=O)(=O)c4ccccc4)c4ncc5c(c34)n(C3CCOCC3)c(=O)n5C)ccc21. The molecule has 210 valence electrons. The molecule has 4 aromatic heterocycles. The van der Waals surface area contributed by atoms with Crippen LogP contribution in [0.1, 0.15) is 18.9 Å². The van der Waals surface area contributed by atoms with Crippen molar-refractivity contribution in [2.75, 3.05) is 13.2 Å². The molecular weight excluding hydrogens is 629 g/mol. The van der Waals surface area contributed by atoms with Crippen molar-refractivity contribution >= 4 is 82.5 Å². The first-order valence-corrected chi connectivity index (χ1v) is 15.8. The van der Waals surface area contributed by atoms with E-state index in [2.05, 4.69) is 26.0 Å². The van der Waals surface area contributed by atoms with E-state index >= 15 is 0 Å². The molecule has 1 saturated heterocycles. The second-order valence-corrected chi connectivity index (χ2v) is 13.2. The Hall–Kier alpha value is -3.55. The Bertz CT molecular complexity index is 2230. The topological polar surface area (TPSA) is 106 Å². The number of fused-ring (bicyclic) bond motifs is 4. The first-order valence-electron chi connectivity index (χ1n) is 13.5. The van der Waals surface area contributed by atoms with Crippen molar-refractivity contribution in [2.45, 2.75) is 29.0 Å². The monoisotopic (exact) mass is 650 g/mol. The van der Waals surface area contributed by atoms with Crippen LogP contribution in [0.4, 0.5) is 0 Å². The Labute approximate surface area is 259 Å². The summed E-state index contributed by atoms with van der Waals surface area (Å²) in [5, 5.41) is 3.74. The van der Waals surface area contributed by atoms with Crippen LogP contribution in [0, 0.1) is 0 Å². The Balaban J connectivity index is 1.62. The van der Waals surface area contributed by atoms with Crippen molar-refractivity contribution in [1.29, 1.82) is 0 Å². The average molecular weight is 651 g/mol. The smallest absolute Gasteiger partial charge is 0.329 e. The molecule has 6 aromatic rings. The standard InChI is InChI=1S/C28H22B3BrN6O4S/c1-35-21-15-33-26-23(24(21)36(27(35)39)18-9-11-42-12-10-18)22(25(32)37(26)43(40,41)19-5-3-2-4-6-19)16-7-8-20-17(13-16)14-34-38(20)28(29,30)31/h2-8,13-15,18H,9-12H2,1H3. The number of nitrogens with zero attached hydrogens (tertiary/aromatic N) is 6. The van der Waals surface area contributed by atoms with Crippen molar-refractivity contribution in [3.05, 3.63) is 76.0 Å². The van der Waals surface area contributed by atoms with Crippen molar-refractivity contribution in [3.63, 3.8) is 0 Å². The van der Waals surface area contributed by atoms with Gasteiger partial charge in [-0.2, -0.15) is 5.10 Å². The summed E-state index contributed by atoms with van der Waals surface area (Å²) in [5.74, 6) is 0. The van der Waals surface area contributed by atoms with Crippen LogP contribution >= 0.6 is 15.9 Å². The molecule has 0 N–H and O–H groups in total. The zero-order valence-electron chi connectivity index (χ0n) is 23.0. The molecule has 10 nitrogen and oxygen atoms in total. The highest BCUT2D eigenvalue weighted by molar-refractivity contribution is 9.10. The zero-order valence-corrected chi connectivity index (χ0v) is 25.4. The Morgan fingerprint density at radius 2 is 1.74 bits per heavy atom. The fourth-order valence-corrected chi connectivity index (χ4v) is 8.52. The van der Waals surface area contributed by atoms with Gasteiger partial charge in [0, 0.05) is 37.3 Å². The highest BCUT2D eigenvalue weighted by Crippen LogP contribution is 2.44. The number of halogens is 1. The maximum absolute atomic E-state index is 14.2. The molecule has 0 saturated carbocycles. The summed E-state index contributed by atoms with van der Waals surface area (Å²) in [6, 6.07) is 13.4. The summed E-state index contributed by atoms with van der Waals surface area (Å²) in [6.45, 7) is 1.04. The van der Waals surface area contributed by atoms with E-state index in [1.807, 2.05) is 12.1 Å². The minimum absolute atomic E-state index is 0.0952. The second kappa shape index (κ2) is 10.00. The maximum atomic E-state index is 14.2. The van der Waals surface area contributed by atoms with Gasteiger partial charge in [0.15, 0.2) is 5.65 Å². The van der Waals surface area contributed by atoms with Gasteiger partial charge in [-0.1, -0.05) is 24.3 Å². The Morgan fingerprint density at radius 1 is 1.02 bits per heavy atom. The molecule has 6 radical (unpaired) electrons. The molecule has 5 heterocycles. The van der Waals surface area contributed by atoms with Crippen LogP contribution in [0.5, 0.6) is 0 Å². The van der Waals surface area contributed by atoms with Gasteiger partial charge in [-0.25, -0.2) is 22.2 Å². The lowest BCUT2D eigenvalue weighted by Crippen LogP contribution is -2.35. The molecule has 0 unspecified atom stereocenters. The van der Waals surface area contributed by atoms with Crippen LogP contribution in [0.15, 0.2) is 75.2 Å². The average Bonchev–Trinajstić information content (AvgIpc) is 3.63. The van der Waals surface area contributed by atoms with Gasteiger partial charge in [-0.05, 0) is 63.8 Å². The molecule has 1 aliphatic rings. The summed E-state index contributed by atoms with van der Waals surface area (Å²) in [4.78, 5) is 18.5. The van der Waals surface area contributed by atoms with Crippen molar-refractivity contribution in [2.24, 2.45) is 7.05 Å². The summed E-state index contributed by atoms with van der Waals surface area (Å²) >= 11 is 3.65. The lowest BCUT2D eigenvalue weighted by atomic mass is 9.49. The Kier molecular flexibility index (Phi) is 6.57. The van der Waals surface area contributed by atoms with Crippen molar-refractivity contribution in [1.82, 2.24) is 27.9 Å². The quantitative estimate of drug-likeness (QED) is 0.266. The van der Waals surface area contributed by atoms with E-state index in [1.54, 1.807) is 52.8 Å². The Morgan fingerprint density at radius 3 is 2.44 bits per heavy atom. The second-order valence-electron chi connectivity index (χ2n) is 10.7. The van der Waals surface area contributed by atoms with E-state index in [4.69, 9.17) is 28.3 Å². The molecule has 15 heteroatoms. The lowest BCUT2D eigenvalue weighted by molar-refractivity contribution is 0.0697. The first kappa shape index (κ1) is 28.2. The highest BCUT2D eigenvalue weighted by atomic mass is 79.9. The van der Waals surface area contributed by atoms with Crippen LogP contribution in [-0.4, -0.2) is 73.0 Å². The zero-order chi connectivity index (χ0) is 30.3. The van der Waals surface area contributed by atoms with Gasteiger partial charge in [-0.3, -0.25) is 13.8 Å². The number of imidazole rings is 1. The number of benzene rings is 2. The minimum Gasteiger partial charge on any atom is -0.381 e. The molecule has 0 aliphatic carbocycles. The molecule has 7 rings (SSSR count). The van der Waals surface area contributed by atoms with Crippen molar-refractivity contribution < 1.29 is 13.2 Å². The minimum atomic E-state index is -4.12. The summed E-state index contributed by atoms with van der Waals surface area (Å²) in [5.41, 5.74) is 2.96. The van der Waals surface area contributed by atoms with Gasteiger partial charge in [-0.15, -0.1) is 0 Å². The predicted molar refractivity (Wildman–Crippen MR) is 170 cm³/mol. The number of hydrogen-bond acceptors (Lipinski definition) is 6. The molecule has 0 spiro atoms. The number of rotatable bonds is 5. The molecule has 0 atom stereocenters. The molecule has 1 aliphatic heterocycles. The third-order valence-electron chi connectivity index (χ3n) is 8.00. The third kappa shape index (κ3) is 4.27. The van der Waals surface area contributed by atoms with Crippen LogP contribution in [0.2, 0.25) is 0 Å². The fourth-order valence-electron chi connectivity index (χ4n) is 5.97. The summed E-state index contributed by atoms with van der Waals surface area (Å²) < 4.78 is 40.0. The molecule has 1 fully saturated rings. The molecule has 0 amide bonds. The summed E-state index contributed by atoms with van der Waals surface area (Å²) in [7, 11) is 15.3. The predicted octanol–water partition coefficient (Wildman–Crippen LogP) is 3.13. The van der Waals surface area contributed by atoms with Gasteiger partial charge >= 0.3 is 5.69 Å². The van der Waals surface area contributed by atoms with E-state index in [0.29, 0.717) is 64.5 Å². The van der Waals surface area contributed by atoms with Gasteiger partial charge in [0.2, 0.25) is 0 Å². The van der Waals surface area contributed by atoms with Gasteiger partial charge in [0.05, 0.1) is 62.8 Å². The van der Waals surface area contributed by atoms with Crippen LogP contribution in [0.25, 0.3) is 44.1 Å². The van der Waals surface area contributed by atoms with E-state index in [1.165, 1.54) is 20.8 Å². The van der Waals surface area contributed by atoms with Crippen LogP contribution in [-0.2, 0) is 27.0 Å². The van der Waals surface area contributed by atoms with Crippen LogP contribution < -0.4 is 5.69 Å². The van der Waals surface area contributed by atoms with E-state index < -0.39 is 15.3 Å².